The van der Waals surface area contributed by atoms with Gasteiger partial charge in [-0.15, -0.1) is 0 Å². The van der Waals surface area contributed by atoms with Crippen LogP contribution in [0.15, 0.2) is 42.7 Å². The number of nitrogens with zero attached hydrogens (tertiary/aromatic N) is 1. The van der Waals surface area contributed by atoms with Crippen molar-refractivity contribution in [2.24, 2.45) is 0 Å². The smallest absolute Gasteiger partial charge is 0.0406 e. The van der Waals surface area contributed by atoms with Crippen LogP contribution in [0, 0.1) is 6.92 Å². The van der Waals surface area contributed by atoms with Crippen LogP contribution in [0.2, 0.25) is 5.02 Å². The molecule has 0 saturated carbocycles. The maximum Gasteiger partial charge on any atom is 0.0406 e. The third-order valence-electron chi connectivity index (χ3n) is 2.42. The summed E-state index contributed by atoms with van der Waals surface area (Å²) in [6.07, 6.45) is 3.64. The van der Waals surface area contributed by atoms with Crippen molar-refractivity contribution in [3.05, 3.63) is 58.9 Å². The second-order valence-electron chi connectivity index (χ2n) is 3.67. The number of anilines is 1. The van der Waals surface area contributed by atoms with Crippen LogP contribution in [0.1, 0.15) is 11.1 Å². The van der Waals surface area contributed by atoms with E-state index in [1.165, 1.54) is 5.56 Å². The Morgan fingerprint density at radius 3 is 2.62 bits per heavy atom. The fourth-order valence-corrected chi connectivity index (χ4v) is 1.60. The molecule has 1 heterocycles. The number of halogens is 1. The quantitative estimate of drug-likeness (QED) is 0.874. The summed E-state index contributed by atoms with van der Waals surface area (Å²) in [5.41, 5.74) is 3.47. The van der Waals surface area contributed by atoms with E-state index in [4.69, 9.17) is 11.6 Å². The van der Waals surface area contributed by atoms with Crippen molar-refractivity contribution in [1.82, 2.24) is 4.98 Å². The van der Waals surface area contributed by atoms with Gasteiger partial charge in [-0.05, 0) is 36.2 Å². The molecule has 0 aliphatic carbocycles. The number of hydrogen-bond acceptors (Lipinski definition) is 2. The van der Waals surface area contributed by atoms with Gasteiger partial charge in [-0.3, -0.25) is 4.98 Å². The van der Waals surface area contributed by atoms with Gasteiger partial charge in [-0.1, -0.05) is 23.7 Å². The summed E-state index contributed by atoms with van der Waals surface area (Å²) in [4.78, 5) is 4.05. The van der Waals surface area contributed by atoms with E-state index in [0.717, 1.165) is 22.8 Å². The third kappa shape index (κ3) is 2.74. The van der Waals surface area contributed by atoms with Crippen LogP contribution in [0.3, 0.4) is 0 Å². The predicted molar refractivity (Wildman–Crippen MR) is 67.8 cm³/mol. The molecule has 1 aromatic carbocycles. The first-order valence-electron chi connectivity index (χ1n) is 5.14. The second-order valence-corrected chi connectivity index (χ2v) is 4.11. The SMILES string of the molecule is Cc1cnccc1NCc1ccc(Cl)cc1. The van der Waals surface area contributed by atoms with Crippen molar-refractivity contribution >= 4 is 17.3 Å². The van der Waals surface area contributed by atoms with Crippen LogP contribution in [0.25, 0.3) is 0 Å². The third-order valence-corrected chi connectivity index (χ3v) is 2.67. The highest BCUT2D eigenvalue weighted by Crippen LogP contribution is 2.14. The average molecular weight is 233 g/mol. The first kappa shape index (κ1) is 11.0. The van der Waals surface area contributed by atoms with Crippen LogP contribution in [0.5, 0.6) is 0 Å². The first-order chi connectivity index (χ1) is 7.75. The van der Waals surface area contributed by atoms with Crippen LogP contribution in [-0.4, -0.2) is 4.98 Å². The number of aryl methyl sites for hydroxylation is 1. The van der Waals surface area contributed by atoms with Crippen molar-refractivity contribution in [3.63, 3.8) is 0 Å². The molecule has 1 aromatic heterocycles. The summed E-state index contributed by atoms with van der Waals surface area (Å²) in [6.45, 7) is 2.83. The summed E-state index contributed by atoms with van der Waals surface area (Å²) in [7, 11) is 0. The first-order valence-corrected chi connectivity index (χ1v) is 5.52. The lowest BCUT2D eigenvalue weighted by molar-refractivity contribution is 1.13. The zero-order chi connectivity index (χ0) is 11.4. The van der Waals surface area contributed by atoms with E-state index in [-0.39, 0.29) is 0 Å². The van der Waals surface area contributed by atoms with Gasteiger partial charge in [0.05, 0.1) is 0 Å². The van der Waals surface area contributed by atoms with Gasteiger partial charge in [0, 0.05) is 29.6 Å². The Labute approximate surface area is 100 Å². The lowest BCUT2D eigenvalue weighted by Crippen LogP contribution is -2.00. The molecule has 0 radical (unpaired) electrons. The van der Waals surface area contributed by atoms with Crippen molar-refractivity contribution in [2.75, 3.05) is 5.32 Å². The lowest BCUT2D eigenvalue weighted by Gasteiger charge is -2.08. The van der Waals surface area contributed by atoms with Crippen LogP contribution >= 0.6 is 11.6 Å². The largest absolute Gasteiger partial charge is 0.381 e. The molecule has 0 bridgehead atoms. The number of hydrogen-bond donors (Lipinski definition) is 1. The summed E-state index contributed by atoms with van der Waals surface area (Å²) in [6, 6.07) is 9.82. The van der Waals surface area contributed by atoms with Crippen molar-refractivity contribution in [3.8, 4) is 0 Å². The van der Waals surface area contributed by atoms with E-state index in [1.807, 2.05) is 43.5 Å². The molecule has 0 fully saturated rings. The predicted octanol–water partition coefficient (Wildman–Crippen LogP) is 3.66. The second kappa shape index (κ2) is 4.99. The Morgan fingerprint density at radius 1 is 1.19 bits per heavy atom. The highest BCUT2D eigenvalue weighted by molar-refractivity contribution is 6.30. The molecule has 0 unspecified atom stereocenters. The Morgan fingerprint density at radius 2 is 1.94 bits per heavy atom. The molecular weight excluding hydrogens is 220 g/mol. The molecule has 16 heavy (non-hydrogen) atoms. The topological polar surface area (TPSA) is 24.9 Å². The monoisotopic (exact) mass is 232 g/mol. The van der Waals surface area contributed by atoms with Gasteiger partial charge in [0.2, 0.25) is 0 Å². The molecular formula is C13H13ClN2. The molecule has 1 N–H and O–H groups in total. The highest BCUT2D eigenvalue weighted by Gasteiger charge is 1.97. The molecule has 0 atom stereocenters. The lowest BCUT2D eigenvalue weighted by atomic mass is 10.2. The van der Waals surface area contributed by atoms with Crippen LogP contribution in [-0.2, 0) is 6.54 Å². The van der Waals surface area contributed by atoms with Crippen molar-refractivity contribution in [1.29, 1.82) is 0 Å². The summed E-state index contributed by atoms with van der Waals surface area (Å²) >= 11 is 5.83. The fourth-order valence-electron chi connectivity index (χ4n) is 1.47. The molecule has 0 saturated heterocycles. The standard InChI is InChI=1S/C13H13ClN2/c1-10-8-15-7-6-13(10)16-9-11-2-4-12(14)5-3-11/h2-8H,9H2,1H3,(H,15,16). The number of nitrogens with one attached hydrogen (secondary N) is 1. The number of benzene rings is 1. The zero-order valence-corrected chi connectivity index (χ0v) is 9.83. The molecule has 2 rings (SSSR count). The summed E-state index contributed by atoms with van der Waals surface area (Å²) in [5, 5.41) is 4.13. The molecule has 0 amide bonds. The molecule has 2 aromatic rings. The maximum absolute atomic E-state index is 5.83. The van der Waals surface area contributed by atoms with Gasteiger partial charge in [0.15, 0.2) is 0 Å². The van der Waals surface area contributed by atoms with Crippen molar-refractivity contribution in [2.45, 2.75) is 13.5 Å². The van der Waals surface area contributed by atoms with E-state index in [1.54, 1.807) is 6.20 Å². The number of pyridine rings is 1. The molecule has 0 spiro atoms. The molecule has 3 heteroatoms. The normalized spacial score (nSPS) is 10.1. The van der Waals surface area contributed by atoms with E-state index in [2.05, 4.69) is 10.3 Å². The van der Waals surface area contributed by atoms with Gasteiger partial charge in [-0.2, -0.15) is 0 Å². The number of aromatic nitrogens is 1. The average Bonchev–Trinajstić information content (AvgIpc) is 2.30. The van der Waals surface area contributed by atoms with Crippen molar-refractivity contribution < 1.29 is 0 Å². The number of rotatable bonds is 3. The Balaban J connectivity index is 2.02. The zero-order valence-electron chi connectivity index (χ0n) is 9.07. The molecule has 0 aliphatic heterocycles. The molecule has 0 aliphatic rings. The van der Waals surface area contributed by atoms with Gasteiger partial charge < -0.3 is 5.32 Å². The van der Waals surface area contributed by atoms with E-state index >= 15 is 0 Å². The van der Waals surface area contributed by atoms with Gasteiger partial charge >= 0.3 is 0 Å². The minimum absolute atomic E-state index is 0.767. The van der Waals surface area contributed by atoms with Crippen LogP contribution in [0.4, 0.5) is 5.69 Å². The Bertz CT molecular complexity index is 466. The summed E-state index contributed by atoms with van der Waals surface area (Å²) in [5.74, 6) is 0. The highest BCUT2D eigenvalue weighted by atomic mass is 35.5. The Hall–Kier alpha value is -1.54. The maximum atomic E-state index is 5.83. The van der Waals surface area contributed by atoms with Gasteiger partial charge in [-0.25, -0.2) is 0 Å². The van der Waals surface area contributed by atoms with E-state index < -0.39 is 0 Å². The summed E-state index contributed by atoms with van der Waals surface area (Å²) < 4.78 is 0. The van der Waals surface area contributed by atoms with E-state index in [9.17, 15) is 0 Å². The minimum atomic E-state index is 0.767. The molecule has 2 nitrogen and oxygen atoms in total. The van der Waals surface area contributed by atoms with Gasteiger partial charge in [0.25, 0.3) is 0 Å². The Kier molecular flexibility index (Phi) is 3.42. The van der Waals surface area contributed by atoms with Crippen LogP contribution < -0.4 is 5.32 Å². The fraction of sp³-hybridized carbons (Fsp3) is 0.154. The van der Waals surface area contributed by atoms with Gasteiger partial charge in [0.1, 0.15) is 0 Å². The minimum Gasteiger partial charge on any atom is -0.381 e. The molecule has 82 valence electrons. The van der Waals surface area contributed by atoms with E-state index in [0.29, 0.717) is 0 Å².